The lowest BCUT2D eigenvalue weighted by atomic mass is 10.1. The van der Waals surface area contributed by atoms with Crippen LogP contribution in [0.2, 0.25) is 0 Å². The molecule has 0 spiro atoms. The van der Waals surface area contributed by atoms with E-state index in [0.717, 1.165) is 30.0 Å². The van der Waals surface area contributed by atoms with Gasteiger partial charge in [-0.05, 0) is 43.2 Å². The minimum Gasteiger partial charge on any atom is -0.353 e. The number of pyridine rings is 1. The number of amides is 1. The second-order valence-corrected chi connectivity index (χ2v) is 7.37. The molecule has 0 N–H and O–H groups in total. The van der Waals surface area contributed by atoms with E-state index in [9.17, 15) is 4.79 Å². The highest BCUT2D eigenvalue weighted by molar-refractivity contribution is 5.92. The summed E-state index contributed by atoms with van der Waals surface area (Å²) in [4.78, 5) is 21.5. The fourth-order valence-corrected chi connectivity index (χ4v) is 3.60. The Hall–Kier alpha value is -3.14. The van der Waals surface area contributed by atoms with Crippen LogP contribution in [0.15, 0.2) is 60.7 Å². The van der Waals surface area contributed by atoms with Crippen LogP contribution in [-0.2, 0) is 4.79 Å². The summed E-state index contributed by atoms with van der Waals surface area (Å²) >= 11 is 0. The molecule has 0 atom stereocenters. The molecule has 4 heteroatoms. The van der Waals surface area contributed by atoms with Crippen molar-refractivity contribution in [3.8, 4) is 0 Å². The molecule has 1 aliphatic rings. The lowest BCUT2D eigenvalue weighted by Crippen LogP contribution is -2.48. The van der Waals surface area contributed by atoms with Gasteiger partial charge in [0, 0.05) is 37.6 Å². The summed E-state index contributed by atoms with van der Waals surface area (Å²) in [6, 6.07) is 18.6. The van der Waals surface area contributed by atoms with Crippen LogP contribution in [0.3, 0.4) is 0 Å². The van der Waals surface area contributed by atoms with Crippen molar-refractivity contribution in [1.29, 1.82) is 0 Å². The third kappa shape index (κ3) is 3.91. The number of aryl methyl sites for hydroxylation is 2. The Kier molecular flexibility index (Phi) is 5.11. The second-order valence-electron chi connectivity index (χ2n) is 7.37. The molecule has 28 heavy (non-hydrogen) atoms. The molecule has 0 bridgehead atoms. The van der Waals surface area contributed by atoms with Crippen LogP contribution in [0.1, 0.15) is 16.7 Å². The first kappa shape index (κ1) is 18.2. The minimum atomic E-state index is 0.0721. The molecule has 4 rings (SSSR count). The van der Waals surface area contributed by atoms with Gasteiger partial charge in [-0.1, -0.05) is 48.0 Å². The van der Waals surface area contributed by atoms with E-state index >= 15 is 0 Å². The van der Waals surface area contributed by atoms with E-state index in [0.29, 0.717) is 13.1 Å². The standard InChI is InChI=1S/C24H25N3O/c1-18-7-9-20(10-8-18)11-12-24(28)27-15-13-26(14-16-27)23-17-19(2)21-5-3-4-6-22(21)25-23/h3-12,17H,13-16H2,1-2H3/b12-11+. The fourth-order valence-electron chi connectivity index (χ4n) is 3.60. The summed E-state index contributed by atoms with van der Waals surface area (Å²) < 4.78 is 0. The van der Waals surface area contributed by atoms with Gasteiger partial charge in [0.05, 0.1) is 5.52 Å². The number of para-hydroxylation sites is 1. The minimum absolute atomic E-state index is 0.0721. The molecule has 1 fully saturated rings. The SMILES string of the molecule is Cc1ccc(/C=C/C(=O)N2CCN(c3cc(C)c4ccccc4n3)CC2)cc1. The highest BCUT2D eigenvalue weighted by Gasteiger charge is 2.21. The van der Waals surface area contributed by atoms with E-state index in [1.165, 1.54) is 16.5 Å². The molecule has 2 heterocycles. The van der Waals surface area contributed by atoms with Crippen molar-refractivity contribution in [3.05, 3.63) is 77.4 Å². The predicted octanol–water partition coefficient (Wildman–Crippen LogP) is 4.21. The molecule has 0 unspecified atom stereocenters. The molecule has 0 saturated carbocycles. The number of fused-ring (bicyclic) bond motifs is 1. The van der Waals surface area contributed by atoms with Gasteiger partial charge in [0.2, 0.25) is 5.91 Å². The Morgan fingerprint density at radius 1 is 0.964 bits per heavy atom. The van der Waals surface area contributed by atoms with Crippen molar-refractivity contribution in [2.45, 2.75) is 13.8 Å². The van der Waals surface area contributed by atoms with Crippen molar-refractivity contribution in [3.63, 3.8) is 0 Å². The summed E-state index contributed by atoms with van der Waals surface area (Å²) in [7, 11) is 0. The number of piperazine rings is 1. The van der Waals surface area contributed by atoms with Crippen LogP contribution in [0.25, 0.3) is 17.0 Å². The van der Waals surface area contributed by atoms with Crippen molar-refractivity contribution in [1.82, 2.24) is 9.88 Å². The number of hydrogen-bond donors (Lipinski definition) is 0. The van der Waals surface area contributed by atoms with Gasteiger partial charge in [-0.25, -0.2) is 4.98 Å². The summed E-state index contributed by atoms with van der Waals surface area (Å²) in [5.74, 6) is 1.07. The average molecular weight is 371 g/mol. The van der Waals surface area contributed by atoms with E-state index in [2.05, 4.69) is 49.1 Å². The van der Waals surface area contributed by atoms with Crippen LogP contribution in [0.4, 0.5) is 5.82 Å². The average Bonchev–Trinajstić information content (AvgIpc) is 2.73. The van der Waals surface area contributed by atoms with Crippen LogP contribution in [0.5, 0.6) is 0 Å². The lowest BCUT2D eigenvalue weighted by molar-refractivity contribution is -0.126. The summed E-state index contributed by atoms with van der Waals surface area (Å²) in [6.07, 6.45) is 3.57. The fraction of sp³-hybridized carbons (Fsp3) is 0.250. The van der Waals surface area contributed by atoms with Crippen molar-refractivity contribution in [2.75, 3.05) is 31.1 Å². The van der Waals surface area contributed by atoms with E-state index in [1.54, 1.807) is 6.08 Å². The smallest absolute Gasteiger partial charge is 0.246 e. The summed E-state index contributed by atoms with van der Waals surface area (Å²) in [5.41, 5.74) is 4.53. The largest absolute Gasteiger partial charge is 0.353 e. The van der Waals surface area contributed by atoms with Crippen LogP contribution < -0.4 is 4.90 Å². The normalized spacial score (nSPS) is 14.8. The van der Waals surface area contributed by atoms with Gasteiger partial charge in [0.15, 0.2) is 0 Å². The third-order valence-electron chi connectivity index (χ3n) is 5.32. The molecular formula is C24H25N3O. The maximum Gasteiger partial charge on any atom is 0.246 e. The number of rotatable bonds is 3. The van der Waals surface area contributed by atoms with Gasteiger partial charge in [-0.2, -0.15) is 0 Å². The van der Waals surface area contributed by atoms with Gasteiger partial charge in [0.1, 0.15) is 5.82 Å². The van der Waals surface area contributed by atoms with Crippen molar-refractivity contribution < 1.29 is 4.79 Å². The van der Waals surface area contributed by atoms with E-state index in [4.69, 9.17) is 4.98 Å². The molecule has 0 radical (unpaired) electrons. The van der Waals surface area contributed by atoms with Crippen LogP contribution >= 0.6 is 0 Å². The molecule has 4 nitrogen and oxygen atoms in total. The lowest BCUT2D eigenvalue weighted by Gasteiger charge is -2.35. The Balaban J connectivity index is 1.40. The molecule has 2 aromatic carbocycles. The van der Waals surface area contributed by atoms with E-state index < -0.39 is 0 Å². The van der Waals surface area contributed by atoms with Gasteiger partial charge in [-0.15, -0.1) is 0 Å². The predicted molar refractivity (Wildman–Crippen MR) is 115 cm³/mol. The first-order chi connectivity index (χ1) is 13.6. The number of carbonyl (C=O) groups excluding carboxylic acids is 1. The van der Waals surface area contributed by atoms with Crippen molar-refractivity contribution in [2.24, 2.45) is 0 Å². The number of anilines is 1. The Morgan fingerprint density at radius 2 is 1.68 bits per heavy atom. The molecular weight excluding hydrogens is 346 g/mol. The first-order valence-electron chi connectivity index (χ1n) is 9.75. The molecule has 1 aliphatic heterocycles. The Morgan fingerprint density at radius 3 is 2.43 bits per heavy atom. The molecule has 1 aromatic heterocycles. The molecule has 1 saturated heterocycles. The van der Waals surface area contributed by atoms with Crippen molar-refractivity contribution >= 4 is 28.7 Å². The van der Waals surface area contributed by atoms with Crippen LogP contribution in [-0.4, -0.2) is 42.0 Å². The Labute approximate surface area is 166 Å². The second kappa shape index (κ2) is 7.85. The highest BCUT2D eigenvalue weighted by Crippen LogP contribution is 2.23. The number of nitrogens with zero attached hydrogens (tertiary/aromatic N) is 3. The van der Waals surface area contributed by atoms with Gasteiger partial charge in [-0.3, -0.25) is 4.79 Å². The summed E-state index contributed by atoms with van der Waals surface area (Å²) in [6.45, 7) is 7.21. The maximum absolute atomic E-state index is 12.5. The number of aromatic nitrogens is 1. The maximum atomic E-state index is 12.5. The number of hydrogen-bond acceptors (Lipinski definition) is 3. The number of benzene rings is 2. The first-order valence-corrected chi connectivity index (χ1v) is 9.75. The third-order valence-corrected chi connectivity index (χ3v) is 5.32. The zero-order valence-electron chi connectivity index (χ0n) is 16.4. The monoisotopic (exact) mass is 371 g/mol. The molecule has 3 aromatic rings. The topological polar surface area (TPSA) is 36.4 Å². The van der Waals surface area contributed by atoms with E-state index in [1.807, 2.05) is 35.2 Å². The van der Waals surface area contributed by atoms with Gasteiger partial charge in [0.25, 0.3) is 0 Å². The van der Waals surface area contributed by atoms with Gasteiger partial charge >= 0.3 is 0 Å². The molecule has 0 aliphatic carbocycles. The highest BCUT2D eigenvalue weighted by atomic mass is 16.2. The molecule has 1 amide bonds. The molecule has 142 valence electrons. The quantitative estimate of drug-likeness (QED) is 0.647. The van der Waals surface area contributed by atoms with Crippen LogP contribution in [0, 0.1) is 13.8 Å². The van der Waals surface area contributed by atoms with Gasteiger partial charge < -0.3 is 9.80 Å². The zero-order valence-corrected chi connectivity index (χ0v) is 16.4. The van der Waals surface area contributed by atoms with E-state index in [-0.39, 0.29) is 5.91 Å². The zero-order chi connectivity index (χ0) is 19.5. The number of carbonyl (C=O) groups is 1. The Bertz CT molecular complexity index is 1020. The summed E-state index contributed by atoms with van der Waals surface area (Å²) in [5, 5.41) is 1.20.